The summed E-state index contributed by atoms with van der Waals surface area (Å²) in [4.78, 5) is 190. The van der Waals surface area contributed by atoms with E-state index in [-0.39, 0.29) is 138 Å². The number of benzene rings is 2. The second-order valence-corrected chi connectivity index (χ2v) is 23.6. The van der Waals surface area contributed by atoms with Crippen LogP contribution in [0.4, 0.5) is 35.7 Å². The average Bonchev–Trinajstić information content (AvgIpc) is 1.62. The summed E-state index contributed by atoms with van der Waals surface area (Å²) in [7, 11) is 1.13. The first-order valence-electron chi connectivity index (χ1n) is 32.9. The number of rotatable bonds is 41. The molecule has 8 N–H and O–H groups in total. The number of carbonyl (C=O) groups excluding carboxylic acids is 12. The fraction of sp³-hybridized carbons (Fsp3) is 0.403. The molecule has 0 saturated heterocycles. The highest BCUT2D eigenvalue weighted by atomic mass is 16.6. The summed E-state index contributed by atoms with van der Waals surface area (Å²) in [5, 5.41) is 15.4. The number of alkyl carbamates (subject to hydrolysis) is 1. The summed E-state index contributed by atoms with van der Waals surface area (Å²) >= 11 is 0. The zero-order chi connectivity index (χ0) is 77.0. The van der Waals surface area contributed by atoms with Crippen LogP contribution in [0.25, 0.3) is 22.3 Å². The van der Waals surface area contributed by atoms with Crippen LogP contribution < -0.4 is 42.4 Å². The van der Waals surface area contributed by atoms with Crippen molar-refractivity contribution in [3.8, 4) is 5.88 Å². The summed E-state index contributed by atoms with van der Waals surface area (Å²) in [6.45, 7) is 8.33. The Labute approximate surface area is 608 Å². The van der Waals surface area contributed by atoms with E-state index in [1.807, 2.05) is 36.4 Å². The van der Waals surface area contributed by atoms with E-state index in [1.165, 1.54) is 40.0 Å². The molecule has 106 heavy (non-hydrogen) atoms. The summed E-state index contributed by atoms with van der Waals surface area (Å²) in [5.74, 6) is -5.31. The minimum absolute atomic E-state index is 0.0467. The van der Waals surface area contributed by atoms with Crippen LogP contribution in [-0.4, -0.2) is 266 Å². The van der Waals surface area contributed by atoms with E-state index >= 15 is 0 Å². The van der Waals surface area contributed by atoms with Gasteiger partial charge in [0, 0.05) is 65.4 Å². The van der Waals surface area contributed by atoms with E-state index in [1.54, 1.807) is 45.0 Å². The number of aromatic nitrogens is 8. The first-order chi connectivity index (χ1) is 50.9. The maximum atomic E-state index is 14.4. The molecule has 39 heteroatoms. The zero-order valence-electron chi connectivity index (χ0n) is 59.1. The molecule has 0 fully saturated rings. The van der Waals surface area contributed by atoms with Crippen molar-refractivity contribution in [2.75, 3.05) is 136 Å². The van der Waals surface area contributed by atoms with Crippen molar-refractivity contribution in [1.82, 2.24) is 90.1 Å². The van der Waals surface area contributed by atoms with Gasteiger partial charge in [-0.1, -0.05) is 98.6 Å². The van der Waals surface area contributed by atoms with Crippen molar-refractivity contribution in [3.63, 3.8) is 0 Å². The largest absolute Gasteiger partial charge is 0.471 e. The predicted octanol–water partition coefficient (Wildman–Crippen LogP) is 1.27. The third-order valence-corrected chi connectivity index (χ3v) is 14.3. The molecular weight excluding hydrogens is 1390 g/mol. The second-order valence-electron chi connectivity index (χ2n) is 23.6. The number of nitrogens with one attached hydrogen (secondary N) is 6. The van der Waals surface area contributed by atoms with Gasteiger partial charge in [0.2, 0.25) is 47.3 Å². The molecule has 39 nitrogen and oxygen atoms in total. The minimum atomic E-state index is -1.01. The van der Waals surface area contributed by atoms with Gasteiger partial charge in [-0.2, -0.15) is 9.97 Å². The van der Waals surface area contributed by atoms with E-state index in [9.17, 15) is 57.5 Å². The number of nitrogens with two attached hydrogens (primary N) is 1. The highest BCUT2D eigenvalue weighted by Gasteiger charge is 2.27. The smallest absolute Gasteiger partial charge is 0.413 e. The number of imidazole rings is 2. The van der Waals surface area contributed by atoms with Gasteiger partial charge in [-0.25, -0.2) is 43.9 Å². The van der Waals surface area contributed by atoms with E-state index in [0.29, 0.717) is 0 Å². The molecule has 0 aliphatic heterocycles. The Hall–Kier alpha value is -13.0. The lowest BCUT2D eigenvalue weighted by Gasteiger charge is -2.25. The highest BCUT2D eigenvalue weighted by molar-refractivity contribution is 5.94. The summed E-state index contributed by atoms with van der Waals surface area (Å²) in [6, 6.07) is 18.1. The van der Waals surface area contributed by atoms with Gasteiger partial charge in [-0.3, -0.25) is 53.6 Å². The molecule has 0 bridgehead atoms. The third-order valence-electron chi connectivity index (χ3n) is 14.3. The van der Waals surface area contributed by atoms with Gasteiger partial charge in [-0.15, -0.1) is 0 Å². The molecule has 4 heterocycles. The normalized spacial score (nSPS) is 10.8. The number of nitrogens with zero attached hydrogens (tertiary/aromatic N) is 13. The standard InChI is InChI=1S/C67H86N20O19/c1-8-31-101-64(97)83(28-23-71-50(90)36-84(65(98)102-32-9-2)29-24-72-51(91)37-85(66(99)103-33-10-3)30-25-73-62(95)106-67(4,5)6)35-49(89)70-21-26-81(52(92)38-86-44-76-55-57(74-43-75-58(55)86)78-63(96)105-42-47-19-15-12-16-20-47)34-48(88)69-22-27-82(40-54(94)100-7)53(93)39-87-45-77-56-59(87)79-61(68)80-60(56)104-41-46-17-13-11-14-18-46/h8-20,43-45H,1-3,21-42H2,4-7H3,(H,69,88)(H,70,89)(H,71,90)(H,72,91)(H,73,95)(H2,68,79,80)(H,74,75,78,96). The molecule has 568 valence electrons. The number of anilines is 2. The number of esters is 1. The average molecular weight is 1480 g/mol. The van der Waals surface area contributed by atoms with E-state index in [2.05, 4.69) is 81.5 Å². The van der Waals surface area contributed by atoms with E-state index < -0.39 is 123 Å². The lowest BCUT2D eigenvalue weighted by atomic mass is 10.2. The Balaban J connectivity index is 1.09. The molecule has 0 saturated carbocycles. The topological polar surface area (TPSA) is 471 Å². The van der Waals surface area contributed by atoms with Crippen LogP contribution in [0.15, 0.2) is 118 Å². The molecule has 2 aromatic carbocycles. The van der Waals surface area contributed by atoms with Crippen molar-refractivity contribution in [3.05, 3.63) is 129 Å². The van der Waals surface area contributed by atoms with Gasteiger partial charge in [0.05, 0.1) is 26.3 Å². The lowest BCUT2D eigenvalue weighted by Crippen LogP contribution is -2.49. The zero-order valence-corrected chi connectivity index (χ0v) is 59.1. The van der Waals surface area contributed by atoms with Gasteiger partial charge in [0.25, 0.3) is 0 Å². The molecule has 0 atom stereocenters. The van der Waals surface area contributed by atoms with Crippen molar-refractivity contribution in [1.29, 1.82) is 0 Å². The minimum Gasteiger partial charge on any atom is -0.471 e. The third kappa shape index (κ3) is 28.1. The number of fused-ring (bicyclic) bond motifs is 2. The molecular formula is C67H86N20O19. The molecule has 0 spiro atoms. The van der Waals surface area contributed by atoms with Gasteiger partial charge < -0.3 is 84.4 Å². The molecule has 6 aromatic rings. The number of carbonyl (C=O) groups is 12. The number of nitrogen functional groups attached to an aromatic ring is 1. The first kappa shape index (κ1) is 82.0. The lowest BCUT2D eigenvalue weighted by molar-refractivity contribution is -0.147. The Morgan fingerprint density at radius 3 is 1.39 bits per heavy atom. The Bertz CT molecular complexity index is 4040. The van der Waals surface area contributed by atoms with Crippen LogP contribution in [0.3, 0.4) is 0 Å². The molecule has 11 amide bonds. The van der Waals surface area contributed by atoms with Crippen molar-refractivity contribution >= 4 is 106 Å². The maximum absolute atomic E-state index is 14.4. The van der Waals surface area contributed by atoms with E-state index in [4.69, 9.17) is 38.9 Å². The quantitative estimate of drug-likeness (QED) is 0.0161. The van der Waals surface area contributed by atoms with Gasteiger partial charge in [0.1, 0.15) is 84.2 Å². The van der Waals surface area contributed by atoms with Crippen LogP contribution in [0, 0.1) is 0 Å². The van der Waals surface area contributed by atoms with Crippen molar-refractivity contribution in [2.24, 2.45) is 0 Å². The fourth-order valence-electron chi connectivity index (χ4n) is 9.33. The first-order valence-corrected chi connectivity index (χ1v) is 32.9. The van der Waals surface area contributed by atoms with Crippen LogP contribution in [0.5, 0.6) is 5.88 Å². The fourth-order valence-corrected chi connectivity index (χ4v) is 9.33. The predicted molar refractivity (Wildman–Crippen MR) is 377 cm³/mol. The molecule has 0 radical (unpaired) electrons. The highest BCUT2D eigenvalue weighted by Crippen LogP contribution is 2.24. The van der Waals surface area contributed by atoms with Crippen molar-refractivity contribution in [2.45, 2.75) is 52.7 Å². The number of methoxy groups -OCH3 is 1. The summed E-state index contributed by atoms with van der Waals surface area (Å²) < 4.78 is 39.5. The number of hydrogen-bond acceptors (Lipinski definition) is 26. The Kier molecular flexibility index (Phi) is 32.8. The van der Waals surface area contributed by atoms with Crippen LogP contribution >= 0.6 is 0 Å². The van der Waals surface area contributed by atoms with Crippen molar-refractivity contribution < 1.29 is 90.7 Å². The molecule has 0 aliphatic rings. The van der Waals surface area contributed by atoms with Gasteiger partial charge >= 0.3 is 36.4 Å². The number of hydrogen-bond donors (Lipinski definition) is 7. The summed E-state index contributed by atoms with van der Waals surface area (Å²) in [6.07, 6.45) is 3.09. The molecule has 4 aromatic heterocycles. The number of ether oxygens (including phenoxy) is 7. The number of amides is 11. The molecule has 0 unspecified atom stereocenters. The van der Waals surface area contributed by atoms with E-state index in [0.717, 1.165) is 49.1 Å². The van der Waals surface area contributed by atoms with Gasteiger partial charge in [0.15, 0.2) is 28.1 Å². The van der Waals surface area contributed by atoms with Crippen LogP contribution in [-0.2, 0) is 88.3 Å². The Morgan fingerprint density at radius 2 is 0.925 bits per heavy atom. The molecule has 6 rings (SSSR count). The van der Waals surface area contributed by atoms with Crippen LogP contribution in [0.1, 0.15) is 31.9 Å². The monoisotopic (exact) mass is 1470 g/mol. The molecule has 0 aliphatic carbocycles. The second kappa shape index (κ2) is 42.4. The SMILES string of the molecule is C=CCOC(=O)N(CCNC(=O)CN(CCNC(=O)CN(CCNC(=O)OC(C)(C)C)C(=O)OCC=C)C(=O)OCC=C)CC(=O)NCCN(CC(=O)NCCN(CC(=O)OC)C(=O)Cn1cnc2c(OCc3ccccc3)nc(N)nc21)C(=O)Cn1cnc2c(NC(=O)OCc3ccccc3)ncnc21. The van der Waals surface area contributed by atoms with Gasteiger partial charge in [-0.05, 0) is 31.9 Å². The Morgan fingerprint density at radius 1 is 0.500 bits per heavy atom. The van der Waals surface area contributed by atoms with Crippen LogP contribution in [0.2, 0.25) is 0 Å². The summed E-state index contributed by atoms with van der Waals surface area (Å²) in [5.41, 5.74) is 7.32. The maximum Gasteiger partial charge on any atom is 0.413 e.